The molecule has 1 fully saturated rings. The molecule has 1 aliphatic heterocycles. The van der Waals surface area contributed by atoms with E-state index >= 15 is 0 Å². The second kappa shape index (κ2) is 5.44. The Morgan fingerprint density at radius 1 is 1.74 bits per heavy atom. The van der Waals surface area contributed by atoms with Crippen LogP contribution < -0.4 is 10.2 Å². The highest BCUT2D eigenvalue weighted by molar-refractivity contribution is 7.07. The summed E-state index contributed by atoms with van der Waals surface area (Å²) in [5.41, 5.74) is -0.244. The molecule has 0 spiro atoms. The van der Waals surface area contributed by atoms with Crippen molar-refractivity contribution >= 4 is 17.2 Å². The zero-order chi connectivity index (χ0) is 14.0. The summed E-state index contributed by atoms with van der Waals surface area (Å²) in [6.45, 7) is 4.19. The maximum atomic E-state index is 11.8. The van der Waals surface area contributed by atoms with Crippen LogP contribution in [0.5, 0.6) is 0 Å². The molecular weight excluding hydrogens is 268 g/mol. The Bertz CT molecular complexity index is 524. The number of thiazole rings is 1. The SMILES string of the molecule is Cc1csc(=O)n1CC(=O)NCC1(O)CCOC1C. The minimum Gasteiger partial charge on any atom is -0.385 e. The molecule has 1 saturated heterocycles. The second-order valence-electron chi connectivity index (χ2n) is 4.87. The van der Waals surface area contributed by atoms with Gasteiger partial charge < -0.3 is 15.2 Å². The van der Waals surface area contributed by atoms with Crippen molar-refractivity contribution in [3.63, 3.8) is 0 Å². The van der Waals surface area contributed by atoms with Crippen LogP contribution in [0.15, 0.2) is 10.2 Å². The topological polar surface area (TPSA) is 80.6 Å². The van der Waals surface area contributed by atoms with Gasteiger partial charge in [0.05, 0.1) is 6.10 Å². The molecule has 1 aromatic rings. The highest BCUT2D eigenvalue weighted by Crippen LogP contribution is 2.24. The first-order valence-electron chi connectivity index (χ1n) is 6.18. The number of carbonyl (C=O) groups excluding carboxylic acids is 1. The minimum atomic E-state index is -1.01. The Morgan fingerprint density at radius 2 is 2.47 bits per heavy atom. The number of nitrogens with zero attached hydrogens (tertiary/aromatic N) is 1. The van der Waals surface area contributed by atoms with E-state index in [9.17, 15) is 14.7 Å². The molecule has 19 heavy (non-hydrogen) atoms. The summed E-state index contributed by atoms with van der Waals surface area (Å²) < 4.78 is 6.71. The Balaban J connectivity index is 1.91. The molecule has 0 radical (unpaired) electrons. The van der Waals surface area contributed by atoms with Crippen molar-refractivity contribution in [3.8, 4) is 0 Å². The third-order valence-electron chi connectivity index (χ3n) is 3.53. The molecule has 2 unspecified atom stereocenters. The summed E-state index contributed by atoms with van der Waals surface area (Å²) in [4.78, 5) is 23.1. The van der Waals surface area contributed by atoms with Gasteiger partial charge in [0.15, 0.2) is 0 Å². The van der Waals surface area contributed by atoms with Crippen molar-refractivity contribution in [3.05, 3.63) is 20.7 Å². The highest BCUT2D eigenvalue weighted by Gasteiger charge is 2.39. The average Bonchev–Trinajstić information content (AvgIpc) is 2.85. The molecule has 0 saturated carbocycles. The van der Waals surface area contributed by atoms with Gasteiger partial charge in [-0.1, -0.05) is 11.3 Å². The summed E-state index contributed by atoms with van der Waals surface area (Å²) in [6, 6.07) is 0. The molecule has 1 aliphatic rings. The molecule has 0 aromatic carbocycles. The number of aromatic nitrogens is 1. The predicted octanol–water partition coefficient (Wildman–Crippen LogP) is -0.126. The third kappa shape index (κ3) is 3.05. The van der Waals surface area contributed by atoms with E-state index in [4.69, 9.17) is 4.74 Å². The van der Waals surface area contributed by atoms with Crippen LogP contribution in [0, 0.1) is 6.92 Å². The fourth-order valence-electron chi connectivity index (χ4n) is 2.05. The molecule has 2 atom stereocenters. The summed E-state index contributed by atoms with van der Waals surface area (Å²) in [7, 11) is 0. The summed E-state index contributed by atoms with van der Waals surface area (Å²) in [6.07, 6.45) is 0.213. The van der Waals surface area contributed by atoms with E-state index in [0.717, 1.165) is 17.0 Å². The number of ether oxygens (including phenoxy) is 1. The van der Waals surface area contributed by atoms with E-state index in [2.05, 4.69) is 5.32 Å². The van der Waals surface area contributed by atoms with E-state index in [1.807, 2.05) is 0 Å². The Morgan fingerprint density at radius 3 is 3.00 bits per heavy atom. The van der Waals surface area contributed by atoms with E-state index in [1.165, 1.54) is 4.57 Å². The molecule has 1 aromatic heterocycles. The average molecular weight is 286 g/mol. The predicted molar refractivity (Wildman–Crippen MR) is 71.3 cm³/mol. The van der Waals surface area contributed by atoms with Crippen molar-refractivity contribution in [2.75, 3.05) is 13.2 Å². The Kier molecular flexibility index (Phi) is 4.07. The van der Waals surface area contributed by atoms with Crippen LogP contribution in [0.1, 0.15) is 19.0 Å². The van der Waals surface area contributed by atoms with Crippen LogP contribution in [-0.2, 0) is 16.1 Å². The Hall–Kier alpha value is -1.18. The highest BCUT2D eigenvalue weighted by atomic mass is 32.1. The van der Waals surface area contributed by atoms with E-state index in [-0.39, 0.29) is 30.0 Å². The number of amides is 1. The largest absolute Gasteiger partial charge is 0.385 e. The molecule has 2 N–H and O–H groups in total. The second-order valence-corrected chi connectivity index (χ2v) is 5.69. The molecule has 0 bridgehead atoms. The maximum absolute atomic E-state index is 11.8. The van der Waals surface area contributed by atoms with Gasteiger partial charge in [0.1, 0.15) is 12.1 Å². The van der Waals surface area contributed by atoms with Crippen molar-refractivity contribution in [1.29, 1.82) is 0 Å². The summed E-state index contributed by atoms with van der Waals surface area (Å²) >= 11 is 1.07. The van der Waals surface area contributed by atoms with Gasteiger partial charge in [-0.2, -0.15) is 0 Å². The van der Waals surface area contributed by atoms with E-state index in [1.54, 1.807) is 19.2 Å². The number of hydrogen-bond acceptors (Lipinski definition) is 5. The minimum absolute atomic E-state index is 0.0144. The molecule has 0 aliphatic carbocycles. The Labute approximate surface area is 115 Å². The maximum Gasteiger partial charge on any atom is 0.307 e. The first-order chi connectivity index (χ1) is 8.92. The van der Waals surface area contributed by atoms with E-state index < -0.39 is 5.60 Å². The van der Waals surface area contributed by atoms with Crippen LogP contribution in [0.2, 0.25) is 0 Å². The van der Waals surface area contributed by atoms with Crippen LogP contribution >= 0.6 is 11.3 Å². The molecule has 2 heterocycles. The molecule has 1 amide bonds. The van der Waals surface area contributed by atoms with Crippen LogP contribution in [0.3, 0.4) is 0 Å². The summed E-state index contributed by atoms with van der Waals surface area (Å²) in [5, 5.41) is 14.6. The smallest absolute Gasteiger partial charge is 0.307 e. The lowest BCUT2D eigenvalue weighted by Crippen LogP contribution is -2.48. The van der Waals surface area contributed by atoms with Gasteiger partial charge in [-0.3, -0.25) is 14.2 Å². The van der Waals surface area contributed by atoms with Gasteiger partial charge >= 0.3 is 4.87 Å². The molecule has 106 valence electrons. The lowest BCUT2D eigenvalue weighted by molar-refractivity contribution is -0.123. The van der Waals surface area contributed by atoms with Gasteiger partial charge in [-0.05, 0) is 13.8 Å². The van der Waals surface area contributed by atoms with Gasteiger partial charge in [0.25, 0.3) is 0 Å². The standard InChI is InChI=1S/C12H18N2O4S/c1-8-6-19-11(16)14(8)5-10(15)13-7-12(17)3-4-18-9(12)2/h6,9,17H,3-5,7H2,1-2H3,(H,13,15). The van der Waals surface area contributed by atoms with E-state index in [0.29, 0.717) is 13.0 Å². The lowest BCUT2D eigenvalue weighted by atomic mass is 9.97. The number of nitrogens with one attached hydrogen (secondary N) is 1. The molecule has 6 nitrogen and oxygen atoms in total. The number of aryl methyl sites for hydroxylation is 1. The normalized spacial score (nSPS) is 26.6. The van der Waals surface area contributed by atoms with Gasteiger partial charge in [-0.15, -0.1) is 0 Å². The molecule has 7 heteroatoms. The number of aliphatic hydroxyl groups is 1. The number of hydrogen-bond donors (Lipinski definition) is 2. The van der Waals surface area contributed by atoms with Crippen molar-refractivity contribution < 1.29 is 14.6 Å². The van der Waals surface area contributed by atoms with Gasteiger partial charge in [0, 0.05) is 30.6 Å². The zero-order valence-electron chi connectivity index (χ0n) is 11.0. The lowest BCUT2D eigenvalue weighted by Gasteiger charge is -2.26. The third-order valence-corrected chi connectivity index (χ3v) is 4.41. The number of rotatable bonds is 4. The fourth-order valence-corrected chi connectivity index (χ4v) is 2.78. The van der Waals surface area contributed by atoms with Crippen molar-refractivity contribution in [2.24, 2.45) is 0 Å². The monoisotopic (exact) mass is 286 g/mol. The fraction of sp³-hybridized carbons (Fsp3) is 0.667. The van der Waals surface area contributed by atoms with Gasteiger partial charge in [0.2, 0.25) is 5.91 Å². The molecular formula is C12H18N2O4S. The van der Waals surface area contributed by atoms with Crippen LogP contribution in [0.25, 0.3) is 0 Å². The van der Waals surface area contributed by atoms with Crippen LogP contribution in [0.4, 0.5) is 0 Å². The summed E-state index contributed by atoms with van der Waals surface area (Å²) in [5.74, 6) is -0.281. The quantitative estimate of drug-likeness (QED) is 0.808. The number of carbonyl (C=O) groups is 1. The molecule has 2 rings (SSSR count). The first-order valence-corrected chi connectivity index (χ1v) is 7.06. The van der Waals surface area contributed by atoms with Gasteiger partial charge in [-0.25, -0.2) is 0 Å². The van der Waals surface area contributed by atoms with Crippen LogP contribution in [-0.4, -0.2) is 40.4 Å². The van der Waals surface area contributed by atoms with Crippen molar-refractivity contribution in [1.82, 2.24) is 9.88 Å². The zero-order valence-corrected chi connectivity index (χ0v) is 11.8. The van der Waals surface area contributed by atoms with Crippen molar-refractivity contribution in [2.45, 2.75) is 38.5 Å². The first kappa shape index (κ1) is 14.2.